The van der Waals surface area contributed by atoms with Crippen molar-refractivity contribution in [2.75, 3.05) is 20.2 Å². The third-order valence-corrected chi connectivity index (χ3v) is 4.03. The third-order valence-electron chi connectivity index (χ3n) is 4.03. The van der Waals surface area contributed by atoms with Crippen LogP contribution in [0.2, 0.25) is 0 Å². The molecular formula is C13H24N2O2. The summed E-state index contributed by atoms with van der Waals surface area (Å²) in [6.45, 7) is 2.23. The summed E-state index contributed by atoms with van der Waals surface area (Å²) >= 11 is 0. The van der Waals surface area contributed by atoms with Crippen molar-refractivity contribution in [1.82, 2.24) is 10.6 Å². The Bertz CT molecular complexity index is 246. The number of carbonyl (C=O) groups excluding carboxylic acids is 1. The molecule has 0 aromatic heterocycles. The highest BCUT2D eigenvalue weighted by atomic mass is 16.5. The van der Waals surface area contributed by atoms with Crippen molar-refractivity contribution >= 4 is 5.91 Å². The first-order valence-electron chi connectivity index (χ1n) is 6.81. The van der Waals surface area contributed by atoms with Gasteiger partial charge >= 0.3 is 0 Å². The predicted octanol–water partition coefficient (Wildman–Crippen LogP) is 1.06. The molecule has 17 heavy (non-hydrogen) atoms. The predicted molar refractivity (Wildman–Crippen MR) is 66.8 cm³/mol. The Balaban J connectivity index is 1.55. The molecule has 2 N–H and O–H groups in total. The van der Waals surface area contributed by atoms with Crippen LogP contribution >= 0.6 is 0 Å². The minimum atomic E-state index is 0.225. The molecule has 2 fully saturated rings. The van der Waals surface area contributed by atoms with Crippen LogP contribution in [-0.2, 0) is 9.53 Å². The van der Waals surface area contributed by atoms with E-state index >= 15 is 0 Å². The summed E-state index contributed by atoms with van der Waals surface area (Å²) in [5.74, 6) is 0.971. The maximum atomic E-state index is 11.7. The largest absolute Gasteiger partial charge is 0.381 e. The van der Waals surface area contributed by atoms with E-state index < -0.39 is 0 Å². The van der Waals surface area contributed by atoms with Gasteiger partial charge in [0.15, 0.2) is 0 Å². The number of ether oxygens (including phenoxy) is 1. The molecule has 2 rings (SSSR count). The van der Waals surface area contributed by atoms with Crippen LogP contribution in [0, 0.1) is 5.92 Å². The lowest BCUT2D eigenvalue weighted by Gasteiger charge is -2.34. The zero-order valence-electron chi connectivity index (χ0n) is 10.7. The first kappa shape index (κ1) is 12.8. The molecule has 1 aliphatic carbocycles. The van der Waals surface area contributed by atoms with E-state index in [1.807, 2.05) is 0 Å². The van der Waals surface area contributed by atoms with Gasteiger partial charge in [-0.15, -0.1) is 0 Å². The van der Waals surface area contributed by atoms with E-state index in [0.717, 1.165) is 38.3 Å². The van der Waals surface area contributed by atoms with Crippen LogP contribution in [0.3, 0.4) is 0 Å². The monoisotopic (exact) mass is 240 g/mol. The molecule has 1 aliphatic heterocycles. The summed E-state index contributed by atoms with van der Waals surface area (Å²) in [7, 11) is 1.74. The Morgan fingerprint density at radius 3 is 2.71 bits per heavy atom. The minimum absolute atomic E-state index is 0.225. The summed E-state index contributed by atoms with van der Waals surface area (Å²) in [5.41, 5.74) is 0. The van der Waals surface area contributed by atoms with Gasteiger partial charge in [0, 0.05) is 19.6 Å². The third kappa shape index (κ3) is 3.96. The number of hydrogen-bond donors (Lipinski definition) is 2. The molecule has 0 spiro atoms. The SMILES string of the molecule is COC1CC(NC(=O)CCC2CCNCC2)C1. The van der Waals surface area contributed by atoms with Gasteiger partial charge in [-0.25, -0.2) is 0 Å². The lowest BCUT2D eigenvalue weighted by molar-refractivity contribution is -0.123. The van der Waals surface area contributed by atoms with Gasteiger partial charge in [0.25, 0.3) is 0 Å². The summed E-state index contributed by atoms with van der Waals surface area (Å²) in [5, 5.41) is 6.44. The molecule has 4 heteroatoms. The van der Waals surface area contributed by atoms with E-state index in [1.165, 1.54) is 12.8 Å². The minimum Gasteiger partial charge on any atom is -0.381 e. The number of rotatable bonds is 5. The van der Waals surface area contributed by atoms with Gasteiger partial charge in [-0.2, -0.15) is 0 Å². The van der Waals surface area contributed by atoms with Gasteiger partial charge in [-0.3, -0.25) is 4.79 Å². The van der Waals surface area contributed by atoms with E-state index in [0.29, 0.717) is 18.6 Å². The standard InChI is InChI=1S/C13H24N2O2/c1-17-12-8-11(9-12)15-13(16)3-2-10-4-6-14-7-5-10/h10-12,14H,2-9H2,1H3,(H,15,16). The van der Waals surface area contributed by atoms with Gasteiger partial charge in [0.05, 0.1) is 6.10 Å². The van der Waals surface area contributed by atoms with Crippen LogP contribution in [0.1, 0.15) is 38.5 Å². The van der Waals surface area contributed by atoms with Crippen LogP contribution in [0.25, 0.3) is 0 Å². The maximum Gasteiger partial charge on any atom is 0.220 e. The average Bonchev–Trinajstić information content (AvgIpc) is 2.32. The molecule has 0 radical (unpaired) electrons. The molecule has 0 bridgehead atoms. The van der Waals surface area contributed by atoms with E-state index in [-0.39, 0.29) is 5.91 Å². The quantitative estimate of drug-likeness (QED) is 0.755. The second kappa shape index (κ2) is 6.36. The summed E-state index contributed by atoms with van der Waals surface area (Å²) in [6.07, 6.45) is 6.52. The number of hydrogen-bond acceptors (Lipinski definition) is 3. The van der Waals surface area contributed by atoms with E-state index in [1.54, 1.807) is 7.11 Å². The molecule has 0 unspecified atom stereocenters. The van der Waals surface area contributed by atoms with E-state index in [4.69, 9.17) is 4.74 Å². The number of nitrogens with one attached hydrogen (secondary N) is 2. The molecule has 1 amide bonds. The van der Waals surface area contributed by atoms with Crippen LogP contribution in [0.15, 0.2) is 0 Å². The topological polar surface area (TPSA) is 50.4 Å². The zero-order chi connectivity index (χ0) is 12.1. The van der Waals surface area contributed by atoms with Crippen LogP contribution < -0.4 is 10.6 Å². The summed E-state index contributed by atoms with van der Waals surface area (Å²) < 4.78 is 5.19. The second-order valence-electron chi connectivity index (χ2n) is 5.33. The van der Waals surface area contributed by atoms with E-state index in [2.05, 4.69) is 10.6 Å². The fourth-order valence-electron chi connectivity index (χ4n) is 2.68. The highest BCUT2D eigenvalue weighted by Gasteiger charge is 2.30. The fourth-order valence-corrected chi connectivity index (χ4v) is 2.68. The Kier molecular flexibility index (Phi) is 4.80. The molecule has 1 saturated heterocycles. The number of methoxy groups -OCH3 is 1. The molecule has 1 saturated carbocycles. The van der Waals surface area contributed by atoms with Gasteiger partial charge in [0.2, 0.25) is 5.91 Å². The van der Waals surface area contributed by atoms with E-state index in [9.17, 15) is 4.79 Å². The Morgan fingerprint density at radius 2 is 2.06 bits per heavy atom. The Morgan fingerprint density at radius 1 is 1.35 bits per heavy atom. The van der Waals surface area contributed by atoms with Crippen molar-refractivity contribution < 1.29 is 9.53 Å². The zero-order valence-corrected chi connectivity index (χ0v) is 10.7. The van der Waals surface area contributed by atoms with Crippen molar-refractivity contribution in [3.05, 3.63) is 0 Å². The molecule has 0 aromatic rings. The Hall–Kier alpha value is -0.610. The molecule has 0 aromatic carbocycles. The second-order valence-corrected chi connectivity index (χ2v) is 5.33. The molecule has 4 nitrogen and oxygen atoms in total. The molecule has 98 valence electrons. The average molecular weight is 240 g/mol. The molecule has 1 heterocycles. The van der Waals surface area contributed by atoms with Crippen molar-refractivity contribution in [3.8, 4) is 0 Å². The number of carbonyl (C=O) groups is 1. The van der Waals surface area contributed by atoms with Crippen LogP contribution in [0.4, 0.5) is 0 Å². The van der Waals surface area contributed by atoms with Gasteiger partial charge in [0.1, 0.15) is 0 Å². The number of piperidine rings is 1. The maximum absolute atomic E-state index is 11.7. The lowest BCUT2D eigenvalue weighted by Crippen LogP contribution is -2.47. The first-order valence-corrected chi connectivity index (χ1v) is 6.81. The lowest BCUT2D eigenvalue weighted by atomic mass is 9.88. The van der Waals surface area contributed by atoms with Crippen LogP contribution in [0.5, 0.6) is 0 Å². The fraction of sp³-hybridized carbons (Fsp3) is 0.923. The summed E-state index contributed by atoms with van der Waals surface area (Å²) in [4.78, 5) is 11.7. The smallest absolute Gasteiger partial charge is 0.220 e. The molecule has 0 atom stereocenters. The molecule has 2 aliphatic rings. The van der Waals surface area contributed by atoms with Crippen molar-refractivity contribution in [1.29, 1.82) is 0 Å². The first-order chi connectivity index (χ1) is 8.28. The summed E-state index contributed by atoms with van der Waals surface area (Å²) in [6, 6.07) is 0.362. The van der Waals surface area contributed by atoms with Crippen molar-refractivity contribution in [3.63, 3.8) is 0 Å². The van der Waals surface area contributed by atoms with Gasteiger partial charge < -0.3 is 15.4 Å². The van der Waals surface area contributed by atoms with Gasteiger partial charge in [-0.05, 0) is 51.1 Å². The number of amides is 1. The molecular weight excluding hydrogens is 216 g/mol. The van der Waals surface area contributed by atoms with Crippen LogP contribution in [-0.4, -0.2) is 38.3 Å². The Labute approximate surface area is 103 Å². The normalized spacial score (nSPS) is 29.7. The van der Waals surface area contributed by atoms with Crippen molar-refractivity contribution in [2.24, 2.45) is 5.92 Å². The van der Waals surface area contributed by atoms with Gasteiger partial charge in [-0.1, -0.05) is 0 Å². The van der Waals surface area contributed by atoms with Crippen molar-refractivity contribution in [2.45, 2.75) is 50.7 Å². The highest BCUT2D eigenvalue weighted by molar-refractivity contribution is 5.76. The highest BCUT2D eigenvalue weighted by Crippen LogP contribution is 2.23.